The monoisotopic (exact) mass is 142 g/mol. The predicted molar refractivity (Wildman–Crippen MR) is 45.9 cm³/mol. The van der Waals surface area contributed by atoms with Crippen molar-refractivity contribution in [2.24, 2.45) is 11.8 Å². The molecule has 0 aliphatic rings. The summed E-state index contributed by atoms with van der Waals surface area (Å²) < 4.78 is 0. The van der Waals surface area contributed by atoms with E-state index in [0.717, 1.165) is 0 Å². The number of carbonyl (C=O) groups is 1. The summed E-state index contributed by atoms with van der Waals surface area (Å²) in [6, 6.07) is 0. The van der Waals surface area contributed by atoms with Crippen molar-refractivity contribution >= 4 is 5.78 Å². The molecule has 0 aromatic rings. The third-order valence-electron chi connectivity index (χ3n) is 1.14. The molecule has 0 spiro atoms. The Balaban J connectivity index is 0. The van der Waals surface area contributed by atoms with E-state index in [-0.39, 0.29) is 11.8 Å². The van der Waals surface area contributed by atoms with Crippen LogP contribution in [0.5, 0.6) is 0 Å². The summed E-state index contributed by atoms with van der Waals surface area (Å²) in [7, 11) is 0. The first-order valence-corrected chi connectivity index (χ1v) is 3.59. The van der Waals surface area contributed by atoms with Crippen molar-refractivity contribution in [1.29, 1.82) is 0 Å². The topological polar surface area (TPSA) is 17.1 Å². The van der Waals surface area contributed by atoms with Gasteiger partial charge in [0.1, 0.15) is 5.78 Å². The lowest BCUT2D eigenvalue weighted by Crippen LogP contribution is -2.13. The van der Waals surface area contributed by atoms with Crippen LogP contribution in [0, 0.1) is 11.8 Å². The Morgan fingerprint density at radius 2 is 1.20 bits per heavy atom. The number of Topliss-reactive ketones (excluding diaryl/α,β-unsaturated/α-hetero) is 1. The summed E-state index contributed by atoms with van der Waals surface area (Å²) in [6.45, 7) is 13.7. The number of carbonyl (C=O) groups excluding carboxylic acids is 1. The highest BCUT2D eigenvalue weighted by Gasteiger charge is 2.09. The Kier molecular flexibility index (Phi) is 7.91. The normalized spacial score (nSPS) is 9.00. The van der Waals surface area contributed by atoms with E-state index >= 15 is 0 Å². The lowest BCUT2D eigenvalue weighted by atomic mass is 9.99. The van der Waals surface area contributed by atoms with E-state index in [9.17, 15) is 4.79 Å². The van der Waals surface area contributed by atoms with Crippen molar-refractivity contribution in [3.8, 4) is 0 Å². The Hall–Kier alpha value is -0.590. The van der Waals surface area contributed by atoms with Crippen LogP contribution in [0.15, 0.2) is 13.2 Å². The highest BCUT2D eigenvalue weighted by molar-refractivity contribution is 5.81. The van der Waals surface area contributed by atoms with E-state index in [2.05, 4.69) is 13.2 Å². The molecule has 10 heavy (non-hydrogen) atoms. The highest BCUT2D eigenvalue weighted by atomic mass is 16.1. The third kappa shape index (κ3) is 5.54. The molecule has 60 valence electrons. The zero-order chi connectivity index (χ0) is 8.73. The van der Waals surface area contributed by atoms with E-state index in [1.165, 1.54) is 0 Å². The predicted octanol–water partition coefficient (Wildman–Crippen LogP) is 2.67. The molecule has 0 rings (SSSR count). The zero-order valence-corrected chi connectivity index (χ0v) is 7.48. The molecule has 0 fully saturated rings. The smallest absolute Gasteiger partial charge is 0.137 e. The van der Waals surface area contributed by atoms with Crippen LogP contribution < -0.4 is 0 Å². The first-order valence-electron chi connectivity index (χ1n) is 3.59. The fraction of sp³-hybridized carbons (Fsp3) is 0.667. The van der Waals surface area contributed by atoms with Gasteiger partial charge in [-0.15, -0.1) is 13.2 Å². The second-order valence-corrected chi connectivity index (χ2v) is 2.71. The van der Waals surface area contributed by atoms with Crippen LogP contribution >= 0.6 is 0 Å². The number of rotatable bonds is 2. The van der Waals surface area contributed by atoms with Gasteiger partial charge in [-0.3, -0.25) is 4.79 Å². The molecule has 0 atom stereocenters. The molecule has 0 aliphatic heterocycles. The largest absolute Gasteiger partial charge is 0.299 e. The van der Waals surface area contributed by atoms with Gasteiger partial charge in [0.15, 0.2) is 0 Å². The molecule has 0 heterocycles. The molecule has 0 bridgehead atoms. The van der Waals surface area contributed by atoms with Crippen LogP contribution in [0.25, 0.3) is 0 Å². The lowest BCUT2D eigenvalue weighted by Gasteiger charge is -2.05. The number of hydrogen-bond donors (Lipinski definition) is 0. The van der Waals surface area contributed by atoms with Crippen molar-refractivity contribution in [2.45, 2.75) is 27.7 Å². The van der Waals surface area contributed by atoms with Crippen LogP contribution in [-0.4, -0.2) is 5.78 Å². The van der Waals surface area contributed by atoms with E-state index in [4.69, 9.17) is 0 Å². The third-order valence-corrected chi connectivity index (χ3v) is 1.14. The molecule has 0 aromatic heterocycles. The Morgan fingerprint density at radius 1 is 1.00 bits per heavy atom. The zero-order valence-electron chi connectivity index (χ0n) is 7.48. The quantitative estimate of drug-likeness (QED) is 0.542. The van der Waals surface area contributed by atoms with Crippen molar-refractivity contribution in [1.82, 2.24) is 0 Å². The van der Waals surface area contributed by atoms with Crippen LogP contribution in [-0.2, 0) is 4.79 Å². The second kappa shape index (κ2) is 6.53. The van der Waals surface area contributed by atoms with Crippen molar-refractivity contribution < 1.29 is 4.79 Å². The lowest BCUT2D eigenvalue weighted by molar-refractivity contribution is -0.124. The Bertz CT molecular complexity index is 82.9. The number of hydrogen-bond acceptors (Lipinski definition) is 1. The molecule has 0 aromatic carbocycles. The summed E-state index contributed by atoms with van der Waals surface area (Å²) in [5.41, 5.74) is 0. The summed E-state index contributed by atoms with van der Waals surface area (Å²) in [6.07, 6.45) is 0. The summed E-state index contributed by atoms with van der Waals surface area (Å²) in [5, 5.41) is 0. The van der Waals surface area contributed by atoms with Gasteiger partial charge in [0.05, 0.1) is 0 Å². The van der Waals surface area contributed by atoms with Gasteiger partial charge in [-0.25, -0.2) is 0 Å². The summed E-state index contributed by atoms with van der Waals surface area (Å²) in [4.78, 5) is 10.8. The first kappa shape index (κ1) is 12.1. The van der Waals surface area contributed by atoms with Gasteiger partial charge < -0.3 is 0 Å². The Labute approximate surface area is 64.1 Å². The standard InChI is InChI=1S/C7H14O.C2H4/c1-5(2)7(8)6(3)4;1-2/h5-6H,1-4H3;1-2H2. The van der Waals surface area contributed by atoms with E-state index in [1.54, 1.807) is 0 Å². The average Bonchev–Trinajstić information content (AvgIpc) is 1.90. The molecule has 0 radical (unpaired) electrons. The van der Waals surface area contributed by atoms with Gasteiger partial charge in [-0.2, -0.15) is 0 Å². The molecule has 0 amide bonds. The maximum absolute atomic E-state index is 10.8. The maximum Gasteiger partial charge on any atom is 0.137 e. The second-order valence-electron chi connectivity index (χ2n) is 2.71. The number of ketones is 1. The van der Waals surface area contributed by atoms with Crippen molar-refractivity contribution in [3.63, 3.8) is 0 Å². The van der Waals surface area contributed by atoms with Gasteiger partial charge >= 0.3 is 0 Å². The van der Waals surface area contributed by atoms with E-state index in [1.807, 2.05) is 27.7 Å². The Morgan fingerprint density at radius 3 is 1.20 bits per heavy atom. The molecule has 0 saturated heterocycles. The van der Waals surface area contributed by atoms with Crippen LogP contribution in [0.4, 0.5) is 0 Å². The van der Waals surface area contributed by atoms with Gasteiger partial charge in [-0.1, -0.05) is 27.7 Å². The van der Waals surface area contributed by atoms with Gasteiger partial charge in [0.25, 0.3) is 0 Å². The SMILES string of the molecule is C=C.CC(C)C(=O)C(C)C. The minimum Gasteiger partial charge on any atom is -0.299 e. The van der Waals surface area contributed by atoms with Crippen LogP contribution in [0.2, 0.25) is 0 Å². The molecule has 0 unspecified atom stereocenters. The fourth-order valence-corrected chi connectivity index (χ4v) is 0.667. The fourth-order valence-electron chi connectivity index (χ4n) is 0.667. The molecule has 1 nitrogen and oxygen atoms in total. The summed E-state index contributed by atoms with van der Waals surface area (Å²) >= 11 is 0. The molecular weight excluding hydrogens is 124 g/mol. The molecule has 1 heteroatoms. The molecule has 0 saturated carbocycles. The van der Waals surface area contributed by atoms with Gasteiger partial charge in [0.2, 0.25) is 0 Å². The van der Waals surface area contributed by atoms with Crippen molar-refractivity contribution in [3.05, 3.63) is 13.2 Å². The van der Waals surface area contributed by atoms with Crippen molar-refractivity contribution in [2.75, 3.05) is 0 Å². The van der Waals surface area contributed by atoms with E-state index in [0.29, 0.717) is 5.78 Å². The van der Waals surface area contributed by atoms with Crippen LogP contribution in [0.3, 0.4) is 0 Å². The highest BCUT2D eigenvalue weighted by Crippen LogP contribution is 2.03. The minimum absolute atomic E-state index is 0.204. The minimum atomic E-state index is 0.204. The first-order chi connectivity index (χ1) is 4.55. The van der Waals surface area contributed by atoms with Gasteiger partial charge in [-0.05, 0) is 0 Å². The maximum atomic E-state index is 10.8. The molecule has 0 N–H and O–H groups in total. The van der Waals surface area contributed by atoms with Crippen LogP contribution in [0.1, 0.15) is 27.7 Å². The molecule has 0 aliphatic carbocycles. The molecular formula is C9H18O. The van der Waals surface area contributed by atoms with E-state index < -0.39 is 0 Å². The summed E-state index contributed by atoms with van der Waals surface area (Å²) in [5.74, 6) is 0.759. The average molecular weight is 142 g/mol. The van der Waals surface area contributed by atoms with Gasteiger partial charge in [0, 0.05) is 11.8 Å².